The summed E-state index contributed by atoms with van der Waals surface area (Å²) in [5.41, 5.74) is 0. The van der Waals surface area contributed by atoms with E-state index in [1.165, 1.54) is 0 Å². The predicted molar refractivity (Wildman–Crippen MR) is 58.8 cm³/mol. The van der Waals surface area contributed by atoms with Gasteiger partial charge in [-0.05, 0) is 20.4 Å². The first-order valence-electron chi connectivity index (χ1n) is 5.10. The maximum atomic E-state index is 11.3. The fourth-order valence-electron chi connectivity index (χ4n) is 1.16. The molecule has 14 heavy (non-hydrogen) atoms. The molecule has 0 saturated heterocycles. The molecule has 2 N–H and O–H groups in total. The molecule has 1 amide bonds. The Kier molecular flexibility index (Phi) is 7.96. The molecule has 0 aliphatic heterocycles. The van der Waals surface area contributed by atoms with E-state index >= 15 is 0 Å². The van der Waals surface area contributed by atoms with Crippen molar-refractivity contribution in [1.29, 1.82) is 0 Å². The van der Waals surface area contributed by atoms with E-state index < -0.39 is 0 Å². The molecule has 3 nitrogen and oxygen atoms in total. The van der Waals surface area contributed by atoms with Crippen molar-refractivity contribution >= 4 is 5.91 Å². The molecule has 80 valence electrons. The normalized spacial score (nSPS) is 11.4. The first-order valence-corrected chi connectivity index (χ1v) is 5.10. The van der Waals surface area contributed by atoms with Gasteiger partial charge in [-0.25, -0.2) is 0 Å². The SMILES string of the molecule is CC#CCCNC(=O)CC(C)NCC. The summed E-state index contributed by atoms with van der Waals surface area (Å²) in [5, 5.41) is 6.01. The van der Waals surface area contributed by atoms with Crippen LogP contribution in [0.5, 0.6) is 0 Å². The van der Waals surface area contributed by atoms with Crippen LogP contribution >= 0.6 is 0 Å². The topological polar surface area (TPSA) is 41.1 Å². The van der Waals surface area contributed by atoms with E-state index in [1.807, 2.05) is 13.8 Å². The molecule has 1 atom stereocenters. The summed E-state index contributed by atoms with van der Waals surface area (Å²) in [5.74, 6) is 5.78. The van der Waals surface area contributed by atoms with E-state index in [-0.39, 0.29) is 11.9 Å². The van der Waals surface area contributed by atoms with Gasteiger partial charge in [0, 0.05) is 25.4 Å². The van der Waals surface area contributed by atoms with Gasteiger partial charge in [0.15, 0.2) is 0 Å². The first kappa shape index (κ1) is 13.0. The summed E-state index contributed by atoms with van der Waals surface area (Å²) >= 11 is 0. The van der Waals surface area contributed by atoms with Gasteiger partial charge in [-0.1, -0.05) is 6.92 Å². The zero-order chi connectivity index (χ0) is 10.8. The second-order valence-electron chi connectivity index (χ2n) is 3.19. The van der Waals surface area contributed by atoms with E-state index in [0.29, 0.717) is 13.0 Å². The lowest BCUT2D eigenvalue weighted by molar-refractivity contribution is -0.121. The Morgan fingerprint density at radius 2 is 2.21 bits per heavy atom. The summed E-state index contributed by atoms with van der Waals surface area (Å²) in [4.78, 5) is 11.3. The van der Waals surface area contributed by atoms with Gasteiger partial charge < -0.3 is 10.6 Å². The maximum absolute atomic E-state index is 11.3. The van der Waals surface area contributed by atoms with Crippen LogP contribution in [-0.2, 0) is 4.79 Å². The number of hydrogen-bond donors (Lipinski definition) is 2. The molecule has 0 heterocycles. The Labute approximate surface area is 86.6 Å². The van der Waals surface area contributed by atoms with Crippen LogP contribution in [0.15, 0.2) is 0 Å². The van der Waals surface area contributed by atoms with Crippen LogP contribution < -0.4 is 10.6 Å². The molecule has 0 saturated carbocycles. The van der Waals surface area contributed by atoms with Crippen molar-refractivity contribution in [2.24, 2.45) is 0 Å². The molecule has 0 spiro atoms. The molecule has 3 heteroatoms. The molecular weight excluding hydrogens is 176 g/mol. The lowest BCUT2D eigenvalue weighted by Crippen LogP contribution is -2.33. The monoisotopic (exact) mass is 196 g/mol. The number of carbonyl (C=O) groups is 1. The highest BCUT2D eigenvalue weighted by Crippen LogP contribution is 1.89. The lowest BCUT2D eigenvalue weighted by atomic mass is 10.2. The van der Waals surface area contributed by atoms with E-state index in [4.69, 9.17) is 0 Å². The molecule has 0 bridgehead atoms. The van der Waals surface area contributed by atoms with Crippen molar-refractivity contribution in [3.05, 3.63) is 0 Å². The third kappa shape index (κ3) is 7.63. The Balaban J connectivity index is 3.48. The van der Waals surface area contributed by atoms with Crippen molar-refractivity contribution in [3.8, 4) is 11.8 Å². The van der Waals surface area contributed by atoms with Crippen LogP contribution in [0.25, 0.3) is 0 Å². The number of nitrogens with one attached hydrogen (secondary N) is 2. The minimum absolute atomic E-state index is 0.0938. The standard InChI is InChI=1S/C11H20N2O/c1-4-6-7-8-13-11(14)9-10(3)12-5-2/h10,12H,5,7-9H2,1-3H3,(H,13,14). The average molecular weight is 196 g/mol. The van der Waals surface area contributed by atoms with Crippen molar-refractivity contribution in [2.75, 3.05) is 13.1 Å². The summed E-state index contributed by atoms with van der Waals surface area (Å²) in [7, 11) is 0. The van der Waals surface area contributed by atoms with E-state index in [9.17, 15) is 4.79 Å². The van der Waals surface area contributed by atoms with Gasteiger partial charge in [-0.15, -0.1) is 11.8 Å². The quantitative estimate of drug-likeness (QED) is 0.489. The molecular formula is C11H20N2O. The van der Waals surface area contributed by atoms with Crippen molar-refractivity contribution in [3.63, 3.8) is 0 Å². The van der Waals surface area contributed by atoms with Crippen molar-refractivity contribution in [1.82, 2.24) is 10.6 Å². The number of rotatable bonds is 6. The van der Waals surface area contributed by atoms with E-state index in [2.05, 4.69) is 22.5 Å². The van der Waals surface area contributed by atoms with Crippen molar-refractivity contribution < 1.29 is 4.79 Å². The van der Waals surface area contributed by atoms with E-state index in [0.717, 1.165) is 13.0 Å². The number of amides is 1. The van der Waals surface area contributed by atoms with Gasteiger partial charge in [-0.2, -0.15) is 0 Å². The van der Waals surface area contributed by atoms with Crippen LogP contribution in [0.1, 0.15) is 33.6 Å². The number of hydrogen-bond acceptors (Lipinski definition) is 2. The van der Waals surface area contributed by atoms with Crippen LogP contribution in [0.4, 0.5) is 0 Å². The van der Waals surface area contributed by atoms with E-state index in [1.54, 1.807) is 6.92 Å². The van der Waals surface area contributed by atoms with Gasteiger partial charge in [0.25, 0.3) is 0 Å². The van der Waals surface area contributed by atoms with Gasteiger partial charge in [0.2, 0.25) is 5.91 Å². The minimum atomic E-state index is 0.0938. The second-order valence-corrected chi connectivity index (χ2v) is 3.19. The van der Waals surface area contributed by atoms with Gasteiger partial charge in [-0.3, -0.25) is 4.79 Å². The zero-order valence-electron chi connectivity index (χ0n) is 9.31. The van der Waals surface area contributed by atoms with Crippen LogP contribution in [0.2, 0.25) is 0 Å². The maximum Gasteiger partial charge on any atom is 0.221 e. The smallest absolute Gasteiger partial charge is 0.221 e. The molecule has 0 fully saturated rings. The molecule has 0 aromatic rings. The summed E-state index contributed by atoms with van der Waals surface area (Å²) in [6, 6.07) is 0.247. The Bertz CT molecular complexity index is 215. The Hall–Kier alpha value is -1.01. The predicted octanol–water partition coefficient (Wildman–Crippen LogP) is 0.904. The summed E-state index contributed by atoms with van der Waals surface area (Å²) in [6.07, 6.45) is 1.27. The fraction of sp³-hybridized carbons (Fsp3) is 0.727. The zero-order valence-corrected chi connectivity index (χ0v) is 9.31. The molecule has 0 rings (SSSR count). The average Bonchev–Trinajstić information content (AvgIpc) is 2.13. The van der Waals surface area contributed by atoms with Crippen LogP contribution in [0.3, 0.4) is 0 Å². The van der Waals surface area contributed by atoms with Crippen LogP contribution in [-0.4, -0.2) is 25.0 Å². The Morgan fingerprint density at radius 3 is 2.79 bits per heavy atom. The molecule has 1 unspecified atom stereocenters. The molecule has 0 aromatic carbocycles. The van der Waals surface area contributed by atoms with Gasteiger partial charge in [0.05, 0.1) is 0 Å². The first-order chi connectivity index (χ1) is 6.70. The highest BCUT2D eigenvalue weighted by Gasteiger charge is 2.05. The minimum Gasteiger partial charge on any atom is -0.355 e. The highest BCUT2D eigenvalue weighted by atomic mass is 16.1. The molecule has 0 aliphatic carbocycles. The van der Waals surface area contributed by atoms with Crippen LogP contribution in [0, 0.1) is 11.8 Å². The fourth-order valence-corrected chi connectivity index (χ4v) is 1.16. The van der Waals surface area contributed by atoms with Crippen molar-refractivity contribution in [2.45, 2.75) is 39.7 Å². The number of carbonyl (C=O) groups excluding carboxylic acids is 1. The van der Waals surface area contributed by atoms with Gasteiger partial charge in [0.1, 0.15) is 0 Å². The molecule has 0 aliphatic rings. The summed E-state index contributed by atoms with van der Waals surface area (Å²) < 4.78 is 0. The molecule has 0 aromatic heterocycles. The Morgan fingerprint density at radius 1 is 1.50 bits per heavy atom. The largest absolute Gasteiger partial charge is 0.355 e. The van der Waals surface area contributed by atoms with Gasteiger partial charge >= 0.3 is 0 Å². The third-order valence-electron chi connectivity index (χ3n) is 1.79. The highest BCUT2D eigenvalue weighted by molar-refractivity contribution is 5.76. The lowest BCUT2D eigenvalue weighted by Gasteiger charge is -2.11. The second kappa shape index (κ2) is 8.58. The third-order valence-corrected chi connectivity index (χ3v) is 1.79. The summed E-state index contributed by atoms with van der Waals surface area (Å²) in [6.45, 7) is 7.39. The molecule has 0 radical (unpaired) electrons.